The first-order valence-corrected chi connectivity index (χ1v) is 8.72. The van der Waals surface area contributed by atoms with E-state index in [4.69, 9.17) is 0 Å². The Labute approximate surface area is 144 Å². The largest absolute Gasteiger partial charge is 0.309 e. The lowest BCUT2D eigenvalue weighted by atomic mass is 10.1. The minimum Gasteiger partial charge on any atom is -0.309 e. The molecule has 122 valence electrons. The average molecular weight is 315 g/mol. The van der Waals surface area contributed by atoms with Crippen LogP contribution in [0.2, 0.25) is 0 Å². The summed E-state index contributed by atoms with van der Waals surface area (Å²) in [4.78, 5) is 0. The number of hydrogen-bond acceptors (Lipinski definition) is 0. The summed E-state index contributed by atoms with van der Waals surface area (Å²) >= 11 is 0. The number of aryl methyl sites for hydroxylation is 3. The van der Waals surface area contributed by atoms with Crippen LogP contribution in [0.5, 0.6) is 0 Å². The number of nitrogens with zero attached hydrogens (tertiary/aromatic N) is 1. The van der Waals surface area contributed by atoms with Crippen molar-refractivity contribution in [1.82, 2.24) is 4.57 Å². The van der Waals surface area contributed by atoms with Crippen LogP contribution in [0.3, 0.4) is 0 Å². The van der Waals surface area contributed by atoms with Crippen molar-refractivity contribution >= 4 is 21.8 Å². The van der Waals surface area contributed by atoms with E-state index in [0.717, 1.165) is 0 Å². The van der Waals surface area contributed by atoms with E-state index in [9.17, 15) is 0 Å². The molecule has 0 amide bonds. The first-order chi connectivity index (χ1) is 11.6. The molecule has 0 bridgehead atoms. The van der Waals surface area contributed by atoms with Gasteiger partial charge in [0.2, 0.25) is 0 Å². The number of hydrogen-bond donors (Lipinski definition) is 0. The van der Waals surface area contributed by atoms with E-state index in [-0.39, 0.29) is 0 Å². The molecule has 0 aliphatic rings. The molecule has 0 saturated heterocycles. The molecular weight excluding hydrogens is 290 g/mol. The van der Waals surface area contributed by atoms with Crippen molar-refractivity contribution < 1.29 is 0 Å². The van der Waals surface area contributed by atoms with E-state index in [1.54, 1.807) is 0 Å². The number of benzene rings is 3. The van der Waals surface area contributed by atoms with Crippen LogP contribution < -0.4 is 0 Å². The highest BCUT2D eigenvalue weighted by atomic mass is 15.0. The van der Waals surface area contributed by atoms with E-state index in [2.05, 4.69) is 86.0 Å². The second-order valence-electron chi connectivity index (χ2n) is 6.21. The molecule has 1 aromatic heterocycles. The SMILES string of the molecule is CC.Cc1ccc(-n2c3ccc(C)cc3c3cc(C)ccc32)cc1. The van der Waals surface area contributed by atoms with Gasteiger partial charge in [-0.3, -0.25) is 0 Å². The van der Waals surface area contributed by atoms with Crippen molar-refractivity contribution in [2.45, 2.75) is 34.6 Å². The lowest BCUT2D eigenvalue weighted by Gasteiger charge is -2.08. The van der Waals surface area contributed by atoms with Gasteiger partial charge in [0.25, 0.3) is 0 Å². The lowest BCUT2D eigenvalue weighted by Crippen LogP contribution is -1.93. The van der Waals surface area contributed by atoms with E-state index in [1.165, 1.54) is 44.2 Å². The zero-order chi connectivity index (χ0) is 17.3. The number of fused-ring (bicyclic) bond motifs is 3. The van der Waals surface area contributed by atoms with E-state index in [0.29, 0.717) is 0 Å². The summed E-state index contributed by atoms with van der Waals surface area (Å²) in [6.07, 6.45) is 0. The molecule has 3 aromatic carbocycles. The Bertz CT molecular complexity index is 929. The van der Waals surface area contributed by atoms with Gasteiger partial charge >= 0.3 is 0 Å². The molecule has 0 aliphatic carbocycles. The number of rotatable bonds is 1. The van der Waals surface area contributed by atoms with E-state index >= 15 is 0 Å². The van der Waals surface area contributed by atoms with Gasteiger partial charge < -0.3 is 4.57 Å². The molecule has 24 heavy (non-hydrogen) atoms. The monoisotopic (exact) mass is 315 g/mol. The summed E-state index contributed by atoms with van der Waals surface area (Å²) in [7, 11) is 0. The zero-order valence-electron chi connectivity index (χ0n) is 15.2. The van der Waals surface area contributed by atoms with Crippen molar-refractivity contribution in [3.8, 4) is 5.69 Å². The van der Waals surface area contributed by atoms with Gasteiger partial charge in [-0.05, 0) is 57.2 Å². The van der Waals surface area contributed by atoms with Crippen LogP contribution in [0.25, 0.3) is 27.5 Å². The first-order valence-electron chi connectivity index (χ1n) is 8.72. The first kappa shape index (κ1) is 16.3. The maximum atomic E-state index is 2.36. The predicted octanol–water partition coefficient (Wildman–Crippen LogP) is 6.74. The summed E-state index contributed by atoms with van der Waals surface area (Å²) in [6.45, 7) is 10.4. The second kappa shape index (κ2) is 6.52. The third-order valence-corrected chi connectivity index (χ3v) is 4.37. The zero-order valence-corrected chi connectivity index (χ0v) is 15.2. The normalized spacial score (nSPS) is 10.7. The van der Waals surface area contributed by atoms with Gasteiger partial charge in [-0.25, -0.2) is 0 Å². The quantitative estimate of drug-likeness (QED) is 0.367. The molecule has 0 unspecified atom stereocenters. The Hall–Kier alpha value is -2.54. The van der Waals surface area contributed by atoms with Crippen molar-refractivity contribution in [3.63, 3.8) is 0 Å². The Balaban J connectivity index is 0.000000815. The summed E-state index contributed by atoms with van der Waals surface area (Å²) in [5, 5.41) is 2.67. The summed E-state index contributed by atoms with van der Waals surface area (Å²) in [6, 6.07) is 22.2. The fourth-order valence-corrected chi connectivity index (χ4v) is 3.22. The van der Waals surface area contributed by atoms with Crippen molar-refractivity contribution in [1.29, 1.82) is 0 Å². The maximum absolute atomic E-state index is 2.36. The van der Waals surface area contributed by atoms with E-state index in [1.807, 2.05) is 13.8 Å². The molecule has 4 aromatic rings. The fourth-order valence-electron chi connectivity index (χ4n) is 3.22. The van der Waals surface area contributed by atoms with Crippen LogP contribution in [0.15, 0.2) is 60.7 Å². The van der Waals surface area contributed by atoms with Crippen LogP contribution in [-0.2, 0) is 0 Å². The highest BCUT2D eigenvalue weighted by molar-refractivity contribution is 6.09. The molecule has 0 radical (unpaired) electrons. The Kier molecular flexibility index (Phi) is 4.44. The lowest BCUT2D eigenvalue weighted by molar-refractivity contribution is 1.17. The summed E-state index contributed by atoms with van der Waals surface area (Å²) in [5.74, 6) is 0. The molecule has 1 nitrogen and oxygen atoms in total. The average Bonchev–Trinajstić information content (AvgIpc) is 2.90. The van der Waals surface area contributed by atoms with Crippen LogP contribution in [-0.4, -0.2) is 4.57 Å². The molecule has 0 N–H and O–H groups in total. The van der Waals surface area contributed by atoms with E-state index < -0.39 is 0 Å². The minimum absolute atomic E-state index is 1.22. The molecule has 4 rings (SSSR count). The van der Waals surface area contributed by atoms with Gasteiger partial charge in [-0.15, -0.1) is 0 Å². The van der Waals surface area contributed by atoms with Crippen molar-refractivity contribution in [2.75, 3.05) is 0 Å². The summed E-state index contributed by atoms with van der Waals surface area (Å²) in [5.41, 5.74) is 7.66. The van der Waals surface area contributed by atoms with Gasteiger partial charge in [0.05, 0.1) is 11.0 Å². The van der Waals surface area contributed by atoms with Gasteiger partial charge in [0, 0.05) is 16.5 Å². The standard InChI is InChI=1S/C21H19N.C2H6/c1-14-4-8-17(9-5-14)22-20-10-6-15(2)12-18(20)19-13-16(3)7-11-21(19)22;1-2/h4-13H,1-3H3;1-2H3. The smallest absolute Gasteiger partial charge is 0.0541 e. The maximum Gasteiger partial charge on any atom is 0.0541 e. The molecule has 1 heterocycles. The second-order valence-corrected chi connectivity index (χ2v) is 6.21. The van der Waals surface area contributed by atoms with Gasteiger partial charge in [0.15, 0.2) is 0 Å². The molecule has 0 atom stereocenters. The van der Waals surface area contributed by atoms with Gasteiger partial charge in [0.1, 0.15) is 0 Å². The molecule has 0 saturated carbocycles. The minimum atomic E-state index is 1.22. The highest BCUT2D eigenvalue weighted by Crippen LogP contribution is 2.33. The Morgan fingerprint density at radius 2 is 0.958 bits per heavy atom. The fraction of sp³-hybridized carbons (Fsp3) is 0.217. The van der Waals surface area contributed by atoms with Gasteiger partial charge in [-0.1, -0.05) is 54.8 Å². The van der Waals surface area contributed by atoms with Crippen LogP contribution >= 0.6 is 0 Å². The van der Waals surface area contributed by atoms with Crippen LogP contribution in [0.1, 0.15) is 30.5 Å². The van der Waals surface area contributed by atoms with Crippen LogP contribution in [0, 0.1) is 20.8 Å². The Morgan fingerprint density at radius 3 is 1.42 bits per heavy atom. The molecule has 0 spiro atoms. The topological polar surface area (TPSA) is 4.93 Å². The number of aromatic nitrogens is 1. The highest BCUT2D eigenvalue weighted by Gasteiger charge is 2.12. The molecular formula is C23H25N. The molecule has 0 aliphatic heterocycles. The van der Waals surface area contributed by atoms with Crippen molar-refractivity contribution in [3.05, 3.63) is 77.4 Å². The summed E-state index contributed by atoms with van der Waals surface area (Å²) < 4.78 is 2.36. The third-order valence-electron chi connectivity index (χ3n) is 4.37. The molecule has 0 fully saturated rings. The van der Waals surface area contributed by atoms with Crippen molar-refractivity contribution in [2.24, 2.45) is 0 Å². The van der Waals surface area contributed by atoms with Gasteiger partial charge in [-0.2, -0.15) is 0 Å². The molecule has 1 heteroatoms. The predicted molar refractivity (Wildman–Crippen MR) is 106 cm³/mol. The Morgan fingerprint density at radius 1 is 0.542 bits per heavy atom. The third kappa shape index (κ3) is 2.71. The van der Waals surface area contributed by atoms with Crippen LogP contribution in [0.4, 0.5) is 0 Å².